The topological polar surface area (TPSA) is 98.0 Å². The second kappa shape index (κ2) is 5.46. The molecule has 6 nitrogen and oxygen atoms in total. The van der Waals surface area contributed by atoms with E-state index in [0.717, 1.165) is 11.9 Å². The number of nitrogens with two attached hydrogens (primary N) is 1. The van der Waals surface area contributed by atoms with E-state index in [2.05, 4.69) is 15.3 Å². The molecule has 0 bridgehead atoms. The van der Waals surface area contributed by atoms with E-state index >= 15 is 0 Å². The number of rotatable bonds is 4. The van der Waals surface area contributed by atoms with Crippen LogP contribution in [0.1, 0.15) is 11.5 Å². The summed E-state index contributed by atoms with van der Waals surface area (Å²) in [6, 6.07) is 6.43. The molecule has 20 heavy (non-hydrogen) atoms. The van der Waals surface area contributed by atoms with Crippen molar-refractivity contribution in [2.45, 2.75) is 18.4 Å². The van der Waals surface area contributed by atoms with Gasteiger partial charge in [0.15, 0.2) is 9.84 Å². The van der Waals surface area contributed by atoms with Crippen molar-refractivity contribution in [3.05, 3.63) is 42.0 Å². The number of nitrogens with one attached hydrogen (secondary N) is 1. The lowest BCUT2D eigenvalue weighted by molar-refractivity contribution is 0.602. The minimum absolute atomic E-state index is 0.207. The summed E-state index contributed by atoms with van der Waals surface area (Å²) in [7, 11) is -3.24. The summed E-state index contributed by atoms with van der Waals surface area (Å²) in [4.78, 5) is 8.49. The van der Waals surface area contributed by atoms with E-state index in [0.29, 0.717) is 23.7 Å². The van der Waals surface area contributed by atoms with Crippen molar-refractivity contribution in [1.82, 2.24) is 9.97 Å². The van der Waals surface area contributed by atoms with Gasteiger partial charge >= 0.3 is 0 Å². The smallest absolute Gasteiger partial charge is 0.175 e. The van der Waals surface area contributed by atoms with Gasteiger partial charge in [-0.25, -0.2) is 18.4 Å². The van der Waals surface area contributed by atoms with Crippen LogP contribution < -0.4 is 11.1 Å². The molecule has 0 aliphatic heterocycles. The van der Waals surface area contributed by atoms with Crippen LogP contribution in [0.25, 0.3) is 0 Å². The molecule has 7 heteroatoms. The summed E-state index contributed by atoms with van der Waals surface area (Å²) in [5.41, 5.74) is 7.75. The van der Waals surface area contributed by atoms with Gasteiger partial charge < -0.3 is 11.1 Å². The highest BCUT2D eigenvalue weighted by molar-refractivity contribution is 7.90. The molecule has 0 atom stereocenters. The predicted molar refractivity (Wildman–Crippen MR) is 78.1 cm³/mol. The van der Waals surface area contributed by atoms with Gasteiger partial charge in [-0.3, -0.25) is 0 Å². The molecule has 2 rings (SSSR count). The molecule has 0 aliphatic rings. The van der Waals surface area contributed by atoms with Crippen molar-refractivity contribution in [3.63, 3.8) is 0 Å². The largest absolute Gasteiger partial charge is 0.397 e. The summed E-state index contributed by atoms with van der Waals surface area (Å²) >= 11 is 0. The first-order valence-corrected chi connectivity index (χ1v) is 7.87. The quantitative estimate of drug-likeness (QED) is 0.826. The molecule has 0 fully saturated rings. The number of anilines is 2. The maximum atomic E-state index is 11.4. The maximum Gasteiger partial charge on any atom is 0.175 e. The third-order valence-corrected chi connectivity index (χ3v) is 3.86. The maximum absolute atomic E-state index is 11.4. The van der Waals surface area contributed by atoms with Gasteiger partial charge in [-0.2, -0.15) is 0 Å². The molecule has 0 saturated heterocycles. The van der Waals surface area contributed by atoms with Crippen LogP contribution in [0, 0.1) is 6.92 Å². The number of aryl methyl sites for hydroxylation is 1. The predicted octanol–water partition coefficient (Wildman–Crippen LogP) is 1.38. The van der Waals surface area contributed by atoms with E-state index in [1.807, 2.05) is 6.92 Å². The Morgan fingerprint density at radius 2 is 2.05 bits per heavy atom. The summed E-state index contributed by atoms with van der Waals surface area (Å²) in [5, 5.41) is 3.13. The molecule has 0 amide bonds. The number of aromatic nitrogens is 2. The highest BCUT2D eigenvalue weighted by Crippen LogP contribution is 2.22. The monoisotopic (exact) mass is 292 g/mol. The molecule has 1 heterocycles. The van der Waals surface area contributed by atoms with Crippen molar-refractivity contribution in [1.29, 1.82) is 0 Å². The average Bonchev–Trinajstić information content (AvgIpc) is 2.36. The lowest BCUT2D eigenvalue weighted by Gasteiger charge is -2.10. The molecule has 0 radical (unpaired) electrons. The molecule has 3 N–H and O–H groups in total. The first-order valence-electron chi connectivity index (χ1n) is 5.98. The van der Waals surface area contributed by atoms with E-state index < -0.39 is 9.84 Å². The van der Waals surface area contributed by atoms with Crippen LogP contribution in [0.2, 0.25) is 0 Å². The number of nitrogens with zero attached hydrogens (tertiary/aromatic N) is 2. The molecule has 0 aliphatic carbocycles. The zero-order valence-electron chi connectivity index (χ0n) is 11.3. The van der Waals surface area contributed by atoms with Gasteiger partial charge in [0.1, 0.15) is 5.82 Å². The van der Waals surface area contributed by atoms with E-state index in [-0.39, 0.29) is 4.90 Å². The summed E-state index contributed by atoms with van der Waals surface area (Å²) in [5.74, 6) is 0.699. The van der Waals surface area contributed by atoms with Crippen LogP contribution in [0.3, 0.4) is 0 Å². The standard InChI is InChI=1S/C13H16N4O2S/c1-9-15-6-5-10(17-9)8-16-13-4-3-11(7-12(13)14)20(2,18)19/h3-7,16H,8,14H2,1-2H3. The highest BCUT2D eigenvalue weighted by Gasteiger charge is 2.09. The summed E-state index contributed by atoms with van der Waals surface area (Å²) in [6.45, 7) is 2.31. The van der Waals surface area contributed by atoms with Crippen molar-refractivity contribution < 1.29 is 8.42 Å². The van der Waals surface area contributed by atoms with Crippen molar-refractivity contribution in [2.24, 2.45) is 0 Å². The number of nitrogen functional groups attached to an aromatic ring is 1. The molecule has 0 unspecified atom stereocenters. The van der Waals surface area contributed by atoms with E-state index in [4.69, 9.17) is 5.73 Å². The second-order valence-electron chi connectivity index (χ2n) is 4.47. The Hall–Kier alpha value is -2.15. The first-order chi connectivity index (χ1) is 9.36. The van der Waals surface area contributed by atoms with Gasteiger partial charge in [0, 0.05) is 12.5 Å². The van der Waals surface area contributed by atoms with Crippen molar-refractivity contribution in [2.75, 3.05) is 17.3 Å². The van der Waals surface area contributed by atoms with Crippen molar-refractivity contribution in [3.8, 4) is 0 Å². The lowest BCUT2D eigenvalue weighted by Crippen LogP contribution is -2.06. The Morgan fingerprint density at radius 1 is 1.30 bits per heavy atom. The molecular weight excluding hydrogens is 276 g/mol. The third-order valence-electron chi connectivity index (χ3n) is 2.74. The number of benzene rings is 1. The SMILES string of the molecule is Cc1nccc(CNc2ccc(S(C)(=O)=O)cc2N)n1. The summed E-state index contributed by atoms with van der Waals surface area (Å²) in [6.07, 6.45) is 2.84. The molecule has 1 aromatic carbocycles. The molecule has 2 aromatic rings. The number of hydrogen-bond acceptors (Lipinski definition) is 6. The van der Waals surface area contributed by atoms with E-state index in [9.17, 15) is 8.42 Å². The fourth-order valence-corrected chi connectivity index (χ4v) is 2.38. The molecular formula is C13H16N4O2S. The Kier molecular flexibility index (Phi) is 3.89. The fourth-order valence-electron chi connectivity index (χ4n) is 1.72. The number of hydrogen-bond donors (Lipinski definition) is 2. The van der Waals surface area contributed by atoms with Crippen LogP contribution >= 0.6 is 0 Å². The van der Waals surface area contributed by atoms with Crippen LogP contribution in [0.5, 0.6) is 0 Å². The molecule has 1 aromatic heterocycles. The third kappa shape index (κ3) is 3.45. The van der Waals surface area contributed by atoms with Crippen molar-refractivity contribution >= 4 is 21.2 Å². The van der Waals surface area contributed by atoms with Gasteiger partial charge in [-0.1, -0.05) is 0 Å². The van der Waals surface area contributed by atoms with Crippen LogP contribution in [0.15, 0.2) is 35.4 Å². The van der Waals surface area contributed by atoms with Gasteiger partial charge in [0.05, 0.1) is 28.5 Å². The van der Waals surface area contributed by atoms with Gasteiger partial charge in [-0.15, -0.1) is 0 Å². The Balaban J connectivity index is 2.15. The Labute approximate surface area is 118 Å². The van der Waals surface area contributed by atoms with Crippen LogP contribution in [-0.2, 0) is 16.4 Å². The minimum Gasteiger partial charge on any atom is -0.397 e. The van der Waals surface area contributed by atoms with Gasteiger partial charge in [0.2, 0.25) is 0 Å². The Bertz CT molecular complexity index is 729. The highest BCUT2D eigenvalue weighted by atomic mass is 32.2. The zero-order valence-corrected chi connectivity index (χ0v) is 12.1. The van der Waals surface area contributed by atoms with E-state index in [1.54, 1.807) is 18.3 Å². The van der Waals surface area contributed by atoms with Crippen LogP contribution in [-0.4, -0.2) is 24.6 Å². The first kappa shape index (κ1) is 14.3. The minimum atomic E-state index is -3.24. The lowest BCUT2D eigenvalue weighted by atomic mass is 10.2. The fraction of sp³-hybridized carbons (Fsp3) is 0.231. The molecule has 106 valence electrons. The molecule has 0 spiro atoms. The Morgan fingerprint density at radius 3 is 2.65 bits per heavy atom. The zero-order chi connectivity index (χ0) is 14.8. The van der Waals surface area contributed by atoms with Crippen LogP contribution in [0.4, 0.5) is 11.4 Å². The van der Waals surface area contributed by atoms with Gasteiger partial charge in [0.25, 0.3) is 0 Å². The second-order valence-corrected chi connectivity index (χ2v) is 6.49. The summed E-state index contributed by atoms with van der Waals surface area (Å²) < 4.78 is 22.8. The van der Waals surface area contributed by atoms with Gasteiger partial charge in [-0.05, 0) is 31.2 Å². The normalized spacial score (nSPS) is 11.3. The van der Waals surface area contributed by atoms with E-state index in [1.165, 1.54) is 12.1 Å². The number of sulfone groups is 1. The molecule has 0 saturated carbocycles. The average molecular weight is 292 g/mol.